The van der Waals surface area contributed by atoms with E-state index in [9.17, 15) is 0 Å². The SMILES string of the molecule is NCCCCCCN(Cc1ccccn1)Cc1ccccn1. The van der Waals surface area contributed by atoms with Crippen LogP contribution in [0.5, 0.6) is 0 Å². The smallest absolute Gasteiger partial charge is 0.0544 e. The van der Waals surface area contributed by atoms with Crippen LogP contribution in [0, 0.1) is 0 Å². The third-order valence-electron chi connectivity index (χ3n) is 3.65. The second kappa shape index (κ2) is 10.0. The van der Waals surface area contributed by atoms with Gasteiger partial charge in [-0.2, -0.15) is 0 Å². The highest BCUT2D eigenvalue weighted by atomic mass is 15.1. The molecule has 0 saturated carbocycles. The Morgan fingerprint density at radius 2 is 1.36 bits per heavy atom. The lowest BCUT2D eigenvalue weighted by molar-refractivity contribution is 0.244. The normalized spacial score (nSPS) is 11.0. The molecule has 0 aliphatic heterocycles. The minimum atomic E-state index is 0.797. The summed E-state index contributed by atoms with van der Waals surface area (Å²) in [7, 11) is 0. The zero-order chi connectivity index (χ0) is 15.5. The van der Waals surface area contributed by atoms with E-state index in [1.807, 2.05) is 36.7 Å². The molecule has 2 heterocycles. The number of aromatic nitrogens is 2. The number of hydrogen-bond acceptors (Lipinski definition) is 4. The van der Waals surface area contributed by atoms with Gasteiger partial charge in [-0.1, -0.05) is 25.0 Å². The maximum absolute atomic E-state index is 5.55. The topological polar surface area (TPSA) is 55.0 Å². The number of hydrogen-bond donors (Lipinski definition) is 1. The zero-order valence-electron chi connectivity index (χ0n) is 13.2. The van der Waals surface area contributed by atoms with E-state index in [2.05, 4.69) is 27.0 Å². The van der Waals surface area contributed by atoms with Crippen molar-refractivity contribution >= 4 is 0 Å². The van der Waals surface area contributed by atoms with Crippen molar-refractivity contribution in [3.8, 4) is 0 Å². The highest BCUT2D eigenvalue weighted by Crippen LogP contribution is 2.09. The Morgan fingerprint density at radius 1 is 0.773 bits per heavy atom. The van der Waals surface area contributed by atoms with Gasteiger partial charge < -0.3 is 5.73 Å². The average Bonchev–Trinajstić information content (AvgIpc) is 2.56. The van der Waals surface area contributed by atoms with Gasteiger partial charge in [-0.15, -0.1) is 0 Å². The maximum Gasteiger partial charge on any atom is 0.0544 e. The molecule has 0 radical (unpaired) electrons. The minimum Gasteiger partial charge on any atom is -0.330 e. The molecule has 118 valence electrons. The number of nitrogens with zero attached hydrogens (tertiary/aromatic N) is 3. The molecule has 0 aliphatic carbocycles. The molecule has 4 nitrogen and oxygen atoms in total. The molecule has 0 aromatic carbocycles. The molecular formula is C18H26N4. The van der Waals surface area contributed by atoms with Gasteiger partial charge in [0, 0.05) is 25.5 Å². The van der Waals surface area contributed by atoms with Crippen molar-refractivity contribution < 1.29 is 0 Å². The van der Waals surface area contributed by atoms with Gasteiger partial charge in [0.05, 0.1) is 11.4 Å². The summed E-state index contributed by atoms with van der Waals surface area (Å²) in [6, 6.07) is 12.2. The van der Waals surface area contributed by atoms with Crippen LogP contribution in [-0.4, -0.2) is 28.0 Å². The van der Waals surface area contributed by atoms with E-state index in [-0.39, 0.29) is 0 Å². The van der Waals surface area contributed by atoms with Gasteiger partial charge in [0.1, 0.15) is 0 Å². The first-order valence-corrected chi connectivity index (χ1v) is 8.11. The Balaban J connectivity index is 1.88. The molecule has 22 heavy (non-hydrogen) atoms. The molecule has 2 aromatic rings. The van der Waals surface area contributed by atoms with Crippen LogP contribution < -0.4 is 5.73 Å². The maximum atomic E-state index is 5.55. The van der Waals surface area contributed by atoms with Gasteiger partial charge >= 0.3 is 0 Å². The van der Waals surface area contributed by atoms with E-state index in [1.165, 1.54) is 19.3 Å². The Morgan fingerprint density at radius 3 is 1.86 bits per heavy atom. The van der Waals surface area contributed by atoms with Gasteiger partial charge in [0.2, 0.25) is 0 Å². The monoisotopic (exact) mass is 298 g/mol. The highest BCUT2D eigenvalue weighted by molar-refractivity contribution is 5.06. The predicted octanol–water partition coefficient (Wildman–Crippen LogP) is 3.00. The summed E-state index contributed by atoms with van der Waals surface area (Å²) in [5.41, 5.74) is 7.77. The van der Waals surface area contributed by atoms with Crippen LogP contribution in [0.4, 0.5) is 0 Å². The van der Waals surface area contributed by atoms with Crippen molar-refractivity contribution in [2.45, 2.75) is 38.8 Å². The third kappa shape index (κ3) is 6.33. The molecule has 2 N–H and O–H groups in total. The van der Waals surface area contributed by atoms with Crippen LogP contribution in [0.15, 0.2) is 48.8 Å². The summed E-state index contributed by atoms with van der Waals surface area (Å²) >= 11 is 0. The highest BCUT2D eigenvalue weighted by Gasteiger charge is 2.08. The van der Waals surface area contributed by atoms with Crippen molar-refractivity contribution in [1.29, 1.82) is 0 Å². The summed E-state index contributed by atoms with van der Waals surface area (Å²) in [6.07, 6.45) is 8.49. The molecule has 0 atom stereocenters. The quantitative estimate of drug-likeness (QED) is 0.685. The Hall–Kier alpha value is -1.78. The molecular weight excluding hydrogens is 272 g/mol. The van der Waals surface area contributed by atoms with Crippen LogP contribution in [0.1, 0.15) is 37.1 Å². The Kier molecular flexibility index (Phi) is 7.56. The summed E-state index contributed by atoms with van der Waals surface area (Å²) in [4.78, 5) is 11.3. The molecule has 0 spiro atoms. The second-order valence-corrected chi connectivity index (χ2v) is 5.56. The Labute approximate surface area is 133 Å². The van der Waals surface area contributed by atoms with Gasteiger partial charge in [-0.25, -0.2) is 0 Å². The number of unbranched alkanes of at least 4 members (excludes halogenated alkanes) is 3. The van der Waals surface area contributed by atoms with Crippen LogP contribution in [0.2, 0.25) is 0 Å². The minimum absolute atomic E-state index is 0.797. The molecule has 2 rings (SSSR count). The van der Waals surface area contributed by atoms with Crippen LogP contribution in [0.25, 0.3) is 0 Å². The van der Waals surface area contributed by atoms with E-state index < -0.39 is 0 Å². The van der Waals surface area contributed by atoms with Crippen molar-refractivity contribution in [2.24, 2.45) is 5.73 Å². The fourth-order valence-corrected chi connectivity index (χ4v) is 2.49. The van der Waals surface area contributed by atoms with Gasteiger partial charge in [0.25, 0.3) is 0 Å². The summed E-state index contributed by atoms with van der Waals surface area (Å²) in [5, 5.41) is 0. The fourth-order valence-electron chi connectivity index (χ4n) is 2.49. The second-order valence-electron chi connectivity index (χ2n) is 5.56. The summed E-state index contributed by atoms with van der Waals surface area (Å²) < 4.78 is 0. The molecule has 0 unspecified atom stereocenters. The first-order chi connectivity index (χ1) is 10.9. The van der Waals surface area contributed by atoms with E-state index in [0.29, 0.717) is 0 Å². The Bertz CT molecular complexity index is 460. The van der Waals surface area contributed by atoms with E-state index in [1.54, 1.807) is 0 Å². The zero-order valence-corrected chi connectivity index (χ0v) is 13.2. The first-order valence-electron chi connectivity index (χ1n) is 8.11. The molecule has 0 bridgehead atoms. The predicted molar refractivity (Wildman–Crippen MR) is 90.1 cm³/mol. The van der Waals surface area contributed by atoms with Crippen molar-refractivity contribution in [1.82, 2.24) is 14.9 Å². The van der Waals surface area contributed by atoms with Crippen LogP contribution >= 0.6 is 0 Å². The average molecular weight is 298 g/mol. The molecule has 4 heteroatoms. The molecule has 0 aliphatic rings. The van der Waals surface area contributed by atoms with Crippen molar-refractivity contribution in [3.63, 3.8) is 0 Å². The lowest BCUT2D eigenvalue weighted by Gasteiger charge is -2.21. The van der Waals surface area contributed by atoms with Gasteiger partial charge in [-0.3, -0.25) is 14.9 Å². The number of nitrogens with two attached hydrogens (primary N) is 1. The largest absolute Gasteiger partial charge is 0.330 e. The lowest BCUT2D eigenvalue weighted by atomic mass is 10.2. The fraction of sp³-hybridized carbons (Fsp3) is 0.444. The number of pyridine rings is 2. The van der Waals surface area contributed by atoms with Crippen LogP contribution in [0.3, 0.4) is 0 Å². The summed E-state index contributed by atoms with van der Waals surface area (Å²) in [6.45, 7) is 3.60. The van der Waals surface area contributed by atoms with E-state index in [0.717, 1.165) is 44.0 Å². The van der Waals surface area contributed by atoms with Crippen molar-refractivity contribution in [3.05, 3.63) is 60.2 Å². The molecule has 0 saturated heterocycles. The third-order valence-corrected chi connectivity index (χ3v) is 3.65. The summed E-state index contributed by atoms with van der Waals surface area (Å²) in [5.74, 6) is 0. The van der Waals surface area contributed by atoms with E-state index >= 15 is 0 Å². The van der Waals surface area contributed by atoms with Crippen molar-refractivity contribution in [2.75, 3.05) is 13.1 Å². The molecule has 0 amide bonds. The molecule has 0 fully saturated rings. The number of rotatable bonds is 10. The van der Waals surface area contributed by atoms with E-state index in [4.69, 9.17) is 5.73 Å². The van der Waals surface area contributed by atoms with Crippen LogP contribution in [-0.2, 0) is 13.1 Å². The van der Waals surface area contributed by atoms with Gasteiger partial charge in [-0.05, 0) is 50.2 Å². The van der Waals surface area contributed by atoms with Gasteiger partial charge in [0.15, 0.2) is 0 Å². The first kappa shape index (κ1) is 16.6. The lowest BCUT2D eigenvalue weighted by Crippen LogP contribution is -2.25. The molecule has 2 aromatic heterocycles. The standard InChI is InChI=1S/C18H26N4/c19-11-5-1-2-8-14-22(15-17-9-3-6-12-20-17)16-18-10-4-7-13-21-18/h3-4,6-7,9-10,12-13H,1-2,5,8,11,14-16,19H2.